The Balaban J connectivity index is 1.21. The first-order chi connectivity index (χ1) is 25.3. The van der Waals surface area contributed by atoms with Crippen LogP contribution in [0.15, 0.2) is 165 Å². The number of furan rings is 2. The Kier molecular flexibility index (Phi) is 7.06. The standard InChI is InChI=1S/C45H34N4O2/c1-4-15-29(16-5-1)43-46-44(30-17-6-2-7-18-30)48-45(47-43)35-27-28-36(40-34-22-11-13-26-39(34)51-42(35)40)49(31-19-8-3-9-20-31)37-24-14-23-33-32-21-10-12-25-38(32)50-41(33)37/h1-9,11-20,22-28,43-44,46H,10,21H2,(H,47,48). The molecule has 3 heterocycles. The predicted octanol–water partition coefficient (Wildman–Crippen LogP) is 11.1. The predicted molar refractivity (Wildman–Crippen MR) is 207 cm³/mol. The van der Waals surface area contributed by atoms with Crippen LogP contribution in [0.3, 0.4) is 0 Å². The van der Waals surface area contributed by atoms with E-state index in [-0.39, 0.29) is 12.3 Å². The van der Waals surface area contributed by atoms with Crippen LogP contribution in [0.1, 0.15) is 46.8 Å². The Bertz CT molecular complexity index is 2600. The molecule has 0 spiro atoms. The number of para-hydroxylation sites is 3. The van der Waals surface area contributed by atoms with Gasteiger partial charge >= 0.3 is 0 Å². The third-order valence-corrected chi connectivity index (χ3v) is 10.0. The van der Waals surface area contributed by atoms with E-state index in [1.165, 1.54) is 5.56 Å². The summed E-state index contributed by atoms with van der Waals surface area (Å²) in [6.45, 7) is 0. The van der Waals surface area contributed by atoms with Gasteiger partial charge in [-0.25, -0.2) is 4.99 Å². The number of rotatable bonds is 6. The average Bonchev–Trinajstić information content (AvgIpc) is 3.79. The van der Waals surface area contributed by atoms with Gasteiger partial charge in [0.15, 0.2) is 5.58 Å². The molecule has 2 atom stereocenters. The van der Waals surface area contributed by atoms with E-state index < -0.39 is 0 Å². The number of nitrogens with one attached hydrogen (secondary N) is 2. The highest BCUT2D eigenvalue weighted by atomic mass is 16.3. The summed E-state index contributed by atoms with van der Waals surface area (Å²) >= 11 is 0. The van der Waals surface area contributed by atoms with Gasteiger partial charge in [-0.1, -0.05) is 115 Å². The molecule has 0 saturated heterocycles. The summed E-state index contributed by atoms with van der Waals surface area (Å²) < 4.78 is 13.5. The molecule has 2 aliphatic rings. The zero-order valence-electron chi connectivity index (χ0n) is 27.8. The molecule has 2 N–H and O–H groups in total. The number of allylic oxidation sites excluding steroid dienone is 1. The second kappa shape index (κ2) is 12.2. The monoisotopic (exact) mass is 662 g/mol. The smallest absolute Gasteiger partial charge is 0.159 e. The minimum atomic E-state index is -0.260. The zero-order chi connectivity index (χ0) is 33.7. The third kappa shape index (κ3) is 5.03. The zero-order valence-corrected chi connectivity index (χ0v) is 27.8. The fourth-order valence-electron chi connectivity index (χ4n) is 7.65. The van der Waals surface area contributed by atoms with Gasteiger partial charge < -0.3 is 19.1 Å². The summed E-state index contributed by atoms with van der Waals surface area (Å²) in [5.74, 6) is 1.72. The molecule has 0 saturated carbocycles. The molecule has 0 amide bonds. The SMILES string of the molecule is C1=Cc2oc3c(N(c4ccccc4)c4ccc(C5=NC(c6ccccc6)NC(c6ccccc6)N5)c5oc6ccccc6c45)cccc3c2CC1. The number of aliphatic imine (C=N–C) groups is 1. The molecular formula is C45H34N4O2. The molecule has 6 nitrogen and oxygen atoms in total. The molecular weight excluding hydrogens is 629 g/mol. The van der Waals surface area contributed by atoms with Crippen molar-refractivity contribution >= 4 is 61.9 Å². The van der Waals surface area contributed by atoms with E-state index in [1.54, 1.807) is 0 Å². The molecule has 8 aromatic rings. The molecule has 0 bridgehead atoms. The van der Waals surface area contributed by atoms with E-state index in [2.05, 4.69) is 149 Å². The Labute approximate surface area is 295 Å². The summed E-state index contributed by atoms with van der Waals surface area (Å²) in [6, 6.07) is 50.5. The number of amidine groups is 1. The first-order valence-electron chi connectivity index (χ1n) is 17.5. The Hall–Kier alpha value is -6.37. The largest absolute Gasteiger partial charge is 0.455 e. The highest BCUT2D eigenvalue weighted by molar-refractivity contribution is 6.20. The Morgan fingerprint density at radius 1 is 0.627 bits per heavy atom. The Morgan fingerprint density at radius 2 is 1.35 bits per heavy atom. The van der Waals surface area contributed by atoms with Crippen molar-refractivity contribution in [3.8, 4) is 0 Å². The Morgan fingerprint density at radius 3 is 2.18 bits per heavy atom. The van der Waals surface area contributed by atoms with E-state index in [4.69, 9.17) is 13.8 Å². The number of aryl methyl sites for hydroxylation is 1. The molecule has 51 heavy (non-hydrogen) atoms. The fourth-order valence-corrected chi connectivity index (χ4v) is 7.65. The van der Waals surface area contributed by atoms with Crippen LogP contribution >= 0.6 is 0 Å². The lowest BCUT2D eigenvalue weighted by Gasteiger charge is -2.32. The summed E-state index contributed by atoms with van der Waals surface area (Å²) in [4.78, 5) is 7.60. The molecule has 0 radical (unpaired) electrons. The molecule has 6 aromatic carbocycles. The lowest BCUT2D eigenvalue weighted by molar-refractivity contribution is 0.409. The average molecular weight is 663 g/mol. The first-order valence-corrected chi connectivity index (χ1v) is 17.5. The molecule has 2 aromatic heterocycles. The third-order valence-electron chi connectivity index (χ3n) is 10.0. The van der Waals surface area contributed by atoms with Gasteiger partial charge in [0.05, 0.1) is 22.3 Å². The van der Waals surface area contributed by atoms with Gasteiger partial charge in [0.1, 0.15) is 35.1 Å². The van der Waals surface area contributed by atoms with Crippen LogP contribution in [-0.4, -0.2) is 5.84 Å². The maximum absolute atomic E-state index is 6.83. The second-order valence-electron chi connectivity index (χ2n) is 13.1. The van der Waals surface area contributed by atoms with Gasteiger partial charge in [0.25, 0.3) is 0 Å². The van der Waals surface area contributed by atoms with E-state index in [0.29, 0.717) is 0 Å². The summed E-state index contributed by atoms with van der Waals surface area (Å²) in [6.07, 6.45) is 5.87. The van der Waals surface area contributed by atoms with Crippen LogP contribution in [-0.2, 0) is 6.42 Å². The van der Waals surface area contributed by atoms with Crippen molar-refractivity contribution in [2.24, 2.45) is 4.99 Å². The molecule has 6 heteroatoms. The molecule has 0 fully saturated rings. The maximum Gasteiger partial charge on any atom is 0.159 e. The maximum atomic E-state index is 6.83. The van der Waals surface area contributed by atoms with Gasteiger partial charge in [-0.05, 0) is 66.4 Å². The van der Waals surface area contributed by atoms with E-state index in [9.17, 15) is 0 Å². The number of anilines is 3. The topological polar surface area (TPSA) is 65.9 Å². The molecule has 1 aliphatic heterocycles. The van der Waals surface area contributed by atoms with Crippen molar-refractivity contribution in [3.05, 3.63) is 180 Å². The van der Waals surface area contributed by atoms with Crippen LogP contribution in [0.2, 0.25) is 0 Å². The summed E-state index contributed by atoms with van der Waals surface area (Å²) in [5.41, 5.74) is 9.86. The van der Waals surface area contributed by atoms with Crippen LogP contribution in [0.4, 0.5) is 17.1 Å². The van der Waals surface area contributed by atoms with Gasteiger partial charge in [-0.15, -0.1) is 0 Å². The number of fused-ring (bicyclic) bond motifs is 6. The number of hydrogen-bond acceptors (Lipinski definition) is 6. The fraction of sp³-hybridized carbons (Fsp3) is 0.0889. The van der Waals surface area contributed by atoms with Gasteiger partial charge in [0.2, 0.25) is 0 Å². The van der Waals surface area contributed by atoms with Crippen molar-refractivity contribution in [2.45, 2.75) is 25.2 Å². The van der Waals surface area contributed by atoms with Crippen molar-refractivity contribution in [1.82, 2.24) is 10.6 Å². The van der Waals surface area contributed by atoms with Gasteiger partial charge in [0, 0.05) is 22.0 Å². The van der Waals surface area contributed by atoms with Crippen LogP contribution in [0, 0.1) is 0 Å². The minimum absolute atomic E-state index is 0.166. The van der Waals surface area contributed by atoms with Crippen molar-refractivity contribution in [2.75, 3.05) is 4.90 Å². The van der Waals surface area contributed by atoms with E-state index in [0.717, 1.165) is 91.1 Å². The molecule has 246 valence electrons. The normalized spacial score (nSPS) is 17.0. The molecule has 1 aliphatic carbocycles. The van der Waals surface area contributed by atoms with E-state index >= 15 is 0 Å². The van der Waals surface area contributed by atoms with Crippen molar-refractivity contribution < 1.29 is 8.83 Å². The van der Waals surface area contributed by atoms with Crippen LogP contribution in [0.5, 0.6) is 0 Å². The summed E-state index contributed by atoms with van der Waals surface area (Å²) in [7, 11) is 0. The lowest BCUT2D eigenvalue weighted by Crippen LogP contribution is -2.45. The number of hydrogen-bond donors (Lipinski definition) is 2. The molecule has 10 rings (SSSR count). The van der Waals surface area contributed by atoms with Gasteiger partial charge in [-0.2, -0.15) is 0 Å². The molecule has 2 unspecified atom stereocenters. The van der Waals surface area contributed by atoms with Gasteiger partial charge in [-0.3, -0.25) is 5.32 Å². The van der Waals surface area contributed by atoms with E-state index in [1.807, 2.05) is 24.3 Å². The van der Waals surface area contributed by atoms with Crippen molar-refractivity contribution in [3.63, 3.8) is 0 Å². The quantitative estimate of drug-likeness (QED) is 0.185. The highest BCUT2D eigenvalue weighted by Crippen LogP contribution is 2.47. The van der Waals surface area contributed by atoms with Crippen LogP contribution < -0.4 is 15.5 Å². The second-order valence-corrected chi connectivity index (χ2v) is 13.1. The minimum Gasteiger partial charge on any atom is -0.455 e. The lowest BCUT2D eigenvalue weighted by atomic mass is 10.00. The first kappa shape index (κ1) is 29.5. The van der Waals surface area contributed by atoms with Crippen LogP contribution in [0.25, 0.3) is 39.0 Å². The summed E-state index contributed by atoms with van der Waals surface area (Å²) in [5, 5.41) is 10.7. The highest BCUT2D eigenvalue weighted by Gasteiger charge is 2.30. The number of nitrogens with zero attached hydrogens (tertiary/aromatic N) is 2. The van der Waals surface area contributed by atoms with Crippen molar-refractivity contribution in [1.29, 1.82) is 0 Å². The number of benzene rings is 6.